The van der Waals surface area contributed by atoms with Crippen LogP contribution in [-0.4, -0.2) is 15.0 Å². The molecule has 0 atom stereocenters. The second kappa shape index (κ2) is 14.4. The van der Waals surface area contributed by atoms with Crippen molar-refractivity contribution in [3.63, 3.8) is 0 Å². The summed E-state index contributed by atoms with van der Waals surface area (Å²) in [6, 6.07) is 79.7. The van der Waals surface area contributed by atoms with E-state index < -0.39 is 0 Å². The Hall–Kier alpha value is -9.19. The SMILES string of the molecule is c1ccc(-c2ccc(-c3nc(-c4cccc5oc6ccccc6c45)nc(-c4cccc5oc6ccc(-c7ccc8c(c7)-c7ccccc7C87c8ccccc8-c8ccccc87)cc6c45)n3)cc2)cc1. The molecule has 0 N–H and O–H groups in total. The van der Waals surface area contributed by atoms with Gasteiger partial charge in [0.05, 0.1) is 5.41 Å². The van der Waals surface area contributed by atoms with Gasteiger partial charge in [0, 0.05) is 38.2 Å². The molecule has 69 heavy (non-hydrogen) atoms. The highest BCUT2D eigenvalue weighted by Gasteiger charge is 2.51. The molecule has 10 aromatic carbocycles. The fraction of sp³-hybridized carbons (Fsp3) is 0.0156. The normalized spacial score (nSPS) is 13.0. The number of hydrogen-bond donors (Lipinski definition) is 0. The average Bonchev–Trinajstić information content (AvgIpc) is 4.16. The lowest BCUT2D eigenvalue weighted by Crippen LogP contribution is -2.25. The van der Waals surface area contributed by atoms with Crippen LogP contribution < -0.4 is 0 Å². The lowest BCUT2D eigenvalue weighted by atomic mass is 9.70. The Bertz CT molecular complexity index is 4210. The maximum atomic E-state index is 6.65. The molecule has 0 saturated carbocycles. The molecule has 5 nitrogen and oxygen atoms in total. The summed E-state index contributed by atoms with van der Waals surface area (Å²) >= 11 is 0. The van der Waals surface area contributed by atoms with Crippen LogP contribution in [0.25, 0.3) is 123 Å². The maximum absolute atomic E-state index is 6.65. The van der Waals surface area contributed by atoms with Crippen molar-refractivity contribution in [1.82, 2.24) is 15.0 Å². The predicted molar refractivity (Wildman–Crippen MR) is 278 cm³/mol. The molecule has 0 radical (unpaired) electrons. The highest BCUT2D eigenvalue weighted by Crippen LogP contribution is 2.63. The van der Waals surface area contributed by atoms with Gasteiger partial charge in [-0.2, -0.15) is 0 Å². The number of rotatable bonds is 5. The lowest BCUT2D eigenvalue weighted by Gasteiger charge is -2.30. The van der Waals surface area contributed by atoms with Gasteiger partial charge < -0.3 is 8.83 Å². The van der Waals surface area contributed by atoms with E-state index in [0.717, 1.165) is 82.8 Å². The van der Waals surface area contributed by atoms with Gasteiger partial charge in [-0.25, -0.2) is 15.0 Å². The molecule has 5 heteroatoms. The summed E-state index contributed by atoms with van der Waals surface area (Å²) in [5, 5.41) is 3.93. The molecule has 0 aliphatic heterocycles. The van der Waals surface area contributed by atoms with E-state index >= 15 is 0 Å². The van der Waals surface area contributed by atoms with Crippen LogP contribution in [0.3, 0.4) is 0 Å². The van der Waals surface area contributed by atoms with E-state index in [1.165, 1.54) is 44.5 Å². The van der Waals surface area contributed by atoms with Gasteiger partial charge in [-0.3, -0.25) is 0 Å². The quantitative estimate of drug-likeness (QED) is 0.172. The van der Waals surface area contributed by atoms with Crippen LogP contribution in [0.5, 0.6) is 0 Å². The molecule has 0 saturated heterocycles. The number of furan rings is 2. The van der Waals surface area contributed by atoms with Crippen LogP contribution in [0.4, 0.5) is 0 Å². The third kappa shape index (κ3) is 5.44. The molecule has 13 aromatic rings. The number of benzene rings is 10. The fourth-order valence-corrected chi connectivity index (χ4v) is 11.6. The van der Waals surface area contributed by atoms with Gasteiger partial charge in [-0.1, -0.05) is 188 Å². The van der Waals surface area contributed by atoms with E-state index in [0.29, 0.717) is 17.5 Å². The molecule has 2 aliphatic rings. The van der Waals surface area contributed by atoms with Crippen LogP contribution >= 0.6 is 0 Å². The first-order valence-corrected chi connectivity index (χ1v) is 23.4. The van der Waals surface area contributed by atoms with Crippen molar-refractivity contribution in [3.8, 4) is 78.7 Å². The van der Waals surface area contributed by atoms with Crippen molar-refractivity contribution in [3.05, 3.63) is 247 Å². The Morgan fingerprint density at radius 2 is 0.696 bits per heavy atom. The molecule has 320 valence electrons. The zero-order chi connectivity index (χ0) is 45.2. The third-order valence-electron chi connectivity index (χ3n) is 14.6. The Kier molecular flexibility index (Phi) is 7.93. The van der Waals surface area contributed by atoms with Crippen LogP contribution in [0.15, 0.2) is 233 Å². The van der Waals surface area contributed by atoms with Gasteiger partial charge in [0.2, 0.25) is 0 Å². The summed E-state index contributed by atoms with van der Waals surface area (Å²) in [6.07, 6.45) is 0. The second-order valence-electron chi connectivity index (χ2n) is 18.2. The summed E-state index contributed by atoms with van der Waals surface area (Å²) in [5.74, 6) is 1.70. The summed E-state index contributed by atoms with van der Waals surface area (Å²) in [5.41, 5.74) is 20.4. The van der Waals surface area contributed by atoms with Crippen molar-refractivity contribution < 1.29 is 8.83 Å². The number of fused-ring (bicyclic) bond motifs is 16. The first-order valence-electron chi connectivity index (χ1n) is 23.4. The largest absolute Gasteiger partial charge is 0.456 e. The lowest BCUT2D eigenvalue weighted by molar-refractivity contribution is 0.668. The van der Waals surface area contributed by atoms with Gasteiger partial charge in [0.25, 0.3) is 0 Å². The topological polar surface area (TPSA) is 65.0 Å². The molecule has 0 fully saturated rings. The van der Waals surface area contributed by atoms with Crippen molar-refractivity contribution in [2.75, 3.05) is 0 Å². The van der Waals surface area contributed by atoms with Gasteiger partial charge in [-0.05, 0) is 103 Å². The van der Waals surface area contributed by atoms with Crippen molar-refractivity contribution in [2.45, 2.75) is 5.41 Å². The Morgan fingerprint density at radius 3 is 1.36 bits per heavy atom. The minimum absolute atomic E-state index is 0.389. The smallest absolute Gasteiger partial charge is 0.164 e. The summed E-state index contributed by atoms with van der Waals surface area (Å²) in [7, 11) is 0. The van der Waals surface area contributed by atoms with Crippen molar-refractivity contribution in [1.29, 1.82) is 0 Å². The van der Waals surface area contributed by atoms with Gasteiger partial charge >= 0.3 is 0 Å². The summed E-state index contributed by atoms with van der Waals surface area (Å²) < 4.78 is 13.0. The minimum atomic E-state index is -0.389. The van der Waals surface area contributed by atoms with E-state index in [4.69, 9.17) is 23.8 Å². The first-order chi connectivity index (χ1) is 34.2. The Morgan fingerprint density at radius 1 is 0.261 bits per heavy atom. The van der Waals surface area contributed by atoms with Crippen LogP contribution in [0, 0.1) is 0 Å². The monoisotopic (exact) mass is 879 g/mol. The third-order valence-corrected chi connectivity index (χ3v) is 14.6. The zero-order valence-electron chi connectivity index (χ0n) is 37.0. The van der Waals surface area contributed by atoms with Crippen molar-refractivity contribution in [2.24, 2.45) is 0 Å². The fourth-order valence-electron chi connectivity index (χ4n) is 11.6. The molecule has 3 heterocycles. The summed E-state index contributed by atoms with van der Waals surface area (Å²) in [4.78, 5) is 15.9. The molecule has 0 amide bonds. The summed E-state index contributed by atoms with van der Waals surface area (Å²) in [6.45, 7) is 0. The van der Waals surface area contributed by atoms with Crippen molar-refractivity contribution >= 4 is 43.9 Å². The number of para-hydroxylation sites is 1. The number of aromatic nitrogens is 3. The Labute approximate surface area is 396 Å². The van der Waals surface area contributed by atoms with Gasteiger partial charge in [0.15, 0.2) is 17.5 Å². The molecule has 0 unspecified atom stereocenters. The molecule has 0 bridgehead atoms. The zero-order valence-corrected chi connectivity index (χ0v) is 37.0. The standard InChI is InChI=1S/C64H37N3O2/c1-2-14-38(15-3-1)39-28-30-40(31-29-39)61-65-62(47-20-12-26-57-59(47)46-19-7-11-25-55(46)68-57)67-63(66-61)48-21-13-27-58-60(48)50-37-42(33-35-56(50)69-58)41-32-34-54-49(36-41)45-18-6-10-24-53(45)64(54)51-22-8-4-16-43(51)44-17-5-9-23-52(44)64/h1-37H. The average molecular weight is 880 g/mol. The molecule has 1 spiro atoms. The van der Waals surface area contributed by atoms with Gasteiger partial charge in [-0.15, -0.1) is 0 Å². The van der Waals surface area contributed by atoms with Crippen LogP contribution in [0.2, 0.25) is 0 Å². The van der Waals surface area contributed by atoms with E-state index in [1.807, 2.05) is 48.5 Å². The van der Waals surface area contributed by atoms with E-state index in [9.17, 15) is 0 Å². The van der Waals surface area contributed by atoms with Gasteiger partial charge in [0.1, 0.15) is 22.3 Å². The highest BCUT2D eigenvalue weighted by atomic mass is 16.3. The first kappa shape index (κ1) is 38.0. The van der Waals surface area contributed by atoms with E-state index in [2.05, 4.69) is 176 Å². The van der Waals surface area contributed by atoms with Crippen LogP contribution in [-0.2, 0) is 5.41 Å². The van der Waals surface area contributed by atoms with E-state index in [1.54, 1.807) is 0 Å². The Balaban J connectivity index is 0.910. The molecule has 2 aliphatic carbocycles. The molecule has 3 aromatic heterocycles. The number of nitrogens with zero attached hydrogens (tertiary/aromatic N) is 3. The minimum Gasteiger partial charge on any atom is -0.456 e. The second-order valence-corrected chi connectivity index (χ2v) is 18.2. The molecule has 15 rings (SSSR count). The van der Waals surface area contributed by atoms with E-state index in [-0.39, 0.29) is 5.41 Å². The predicted octanol–water partition coefficient (Wildman–Crippen LogP) is 16.3. The maximum Gasteiger partial charge on any atom is 0.164 e. The van der Waals surface area contributed by atoms with Crippen LogP contribution in [0.1, 0.15) is 22.3 Å². The molecular weight excluding hydrogens is 843 g/mol. The molecular formula is C64H37N3O2. The highest BCUT2D eigenvalue weighted by molar-refractivity contribution is 6.14. The number of hydrogen-bond acceptors (Lipinski definition) is 5.